The molecule has 5 nitrogen and oxygen atoms in total. The molecule has 0 N–H and O–H groups in total. The smallest absolute Gasteiger partial charge is 0.416 e. The molecule has 0 radical (unpaired) electrons. The van der Waals surface area contributed by atoms with E-state index in [0.717, 1.165) is 50.8 Å². The van der Waals surface area contributed by atoms with Gasteiger partial charge in [0, 0.05) is 31.6 Å². The largest absolute Gasteiger partial charge is 0.466 e. The molecule has 8 heteroatoms. The van der Waals surface area contributed by atoms with Crippen LogP contribution in [-0.4, -0.2) is 53.5 Å². The van der Waals surface area contributed by atoms with Gasteiger partial charge in [0.1, 0.15) is 0 Å². The molecule has 3 aliphatic heterocycles. The molecule has 1 amide bonds. The Kier molecular flexibility index (Phi) is 6.39. The van der Waals surface area contributed by atoms with Gasteiger partial charge in [0.25, 0.3) is 0 Å². The first-order chi connectivity index (χ1) is 16.6. The number of carbonyl (C=O) groups excluding carboxylic acids is 2. The summed E-state index contributed by atoms with van der Waals surface area (Å²) in [7, 11) is 0. The van der Waals surface area contributed by atoms with E-state index < -0.39 is 17.2 Å². The van der Waals surface area contributed by atoms with Crippen LogP contribution in [0, 0.1) is 17.3 Å². The Balaban J connectivity index is 1.29. The summed E-state index contributed by atoms with van der Waals surface area (Å²) in [5.74, 6) is 0.447. The molecule has 192 valence electrons. The average Bonchev–Trinajstić information content (AvgIpc) is 3.35. The molecule has 2 saturated heterocycles. The van der Waals surface area contributed by atoms with Crippen LogP contribution in [0.2, 0.25) is 0 Å². The molecule has 4 aliphatic rings. The maximum atomic E-state index is 13.8. The maximum absolute atomic E-state index is 13.8. The van der Waals surface area contributed by atoms with Gasteiger partial charge < -0.3 is 14.5 Å². The van der Waals surface area contributed by atoms with Crippen LogP contribution in [-0.2, 0) is 33.5 Å². The van der Waals surface area contributed by atoms with E-state index in [0.29, 0.717) is 37.0 Å². The lowest BCUT2D eigenvalue weighted by Crippen LogP contribution is -2.43. The zero-order valence-electron chi connectivity index (χ0n) is 20.6. The van der Waals surface area contributed by atoms with E-state index in [2.05, 4.69) is 11.8 Å². The lowest BCUT2D eigenvalue weighted by atomic mass is 9.73. The van der Waals surface area contributed by atoms with Crippen molar-refractivity contribution >= 4 is 11.9 Å². The highest BCUT2D eigenvalue weighted by atomic mass is 19.4. The summed E-state index contributed by atoms with van der Waals surface area (Å²) >= 11 is 0. The number of benzene rings is 1. The lowest BCUT2D eigenvalue weighted by molar-refractivity contribution is -0.144. The van der Waals surface area contributed by atoms with Gasteiger partial charge in [-0.1, -0.05) is 13.0 Å². The number of piperidine rings is 1. The summed E-state index contributed by atoms with van der Waals surface area (Å²) in [5.41, 5.74) is 0.482. The number of fused-ring (bicyclic) bond motifs is 2. The van der Waals surface area contributed by atoms with Crippen molar-refractivity contribution in [3.05, 3.63) is 34.9 Å². The third-order valence-corrected chi connectivity index (χ3v) is 9.19. The van der Waals surface area contributed by atoms with Crippen LogP contribution in [0.3, 0.4) is 0 Å². The fraction of sp³-hybridized carbons (Fsp3) is 0.704. The minimum absolute atomic E-state index is 0.0448. The minimum Gasteiger partial charge on any atom is -0.466 e. The number of alkyl halides is 3. The number of nitrogens with zero attached hydrogens (tertiary/aromatic N) is 2. The topological polar surface area (TPSA) is 49.9 Å². The van der Waals surface area contributed by atoms with Crippen LogP contribution in [0.5, 0.6) is 0 Å². The normalized spacial score (nSPS) is 33.2. The fourth-order valence-corrected chi connectivity index (χ4v) is 7.32. The summed E-state index contributed by atoms with van der Waals surface area (Å²) in [5, 5.41) is 0. The molecule has 35 heavy (non-hydrogen) atoms. The van der Waals surface area contributed by atoms with Crippen LogP contribution in [0.4, 0.5) is 13.2 Å². The zero-order valence-corrected chi connectivity index (χ0v) is 20.6. The number of esters is 1. The van der Waals surface area contributed by atoms with Crippen molar-refractivity contribution in [1.29, 1.82) is 0 Å². The lowest BCUT2D eigenvalue weighted by Gasteiger charge is -2.37. The highest BCUT2D eigenvalue weighted by Crippen LogP contribution is 2.55. The highest BCUT2D eigenvalue weighted by molar-refractivity contribution is 5.87. The van der Waals surface area contributed by atoms with E-state index in [9.17, 15) is 22.8 Å². The zero-order chi connectivity index (χ0) is 25.0. The molecular formula is C27H35F3N2O3. The van der Waals surface area contributed by atoms with Gasteiger partial charge in [-0.2, -0.15) is 13.2 Å². The van der Waals surface area contributed by atoms with E-state index in [1.54, 1.807) is 6.07 Å². The van der Waals surface area contributed by atoms with Gasteiger partial charge >= 0.3 is 12.1 Å². The Bertz CT molecular complexity index is 996. The van der Waals surface area contributed by atoms with Gasteiger partial charge in [-0.3, -0.25) is 9.59 Å². The minimum atomic E-state index is -4.38. The molecule has 5 unspecified atom stereocenters. The average molecular weight is 493 g/mol. The maximum Gasteiger partial charge on any atom is 0.416 e. The van der Waals surface area contributed by atoms with E-state index >= 15 is 0 Å². The molecule has 3 heterocycles. The third kappa shape index (κ3) is 4.36. The standard InChI is InChI=1S/C27H35F3N2O3/c1-3-35-24(33)11-18-5-4-10-31(15-18)22-8-9-26(14-22)17(2)23-13-19-6-7-21(27(28,29)30)12-20(19)16-32(23)25(26)34/h6-7,12,17-18,22-23H,3-5,8-11,13-16H2,1-2H3. The predicted molar refractivity (Wildman–Crippen MR) is 124 cm³/mol. The first-order valence-corrected chi connectivity index (χ1v) is 13.0. The number of carbonyl (C=O) groups is 2. The molecule has 1 spiro atoms. The first kappa shape index (κ1) is 24.6. The van der Waals surface area contributed by atoms with Crippen molar-refractivity contribution in [2.45, 2.75) is 83.6 Å². The first-order valence-electron chi connectivity index (χ1n) is 13.0. The van der Waals surface area contributed by atoms with Gasteiger partial charge in [0.15, 0.2) is 0 Å². The number of hydrogen-bond acceptors (Lipinski definition) is 4. The van der Waals surface area contributed by atoms with Gasteiger partial charge in [-0.05, 0) is 87.1 Å². The van der Waals surface area contributed by atoms with Crippen molar-refractivity contribution in [2.75, 3.05) is 19.7 Å². The van der Waals surface area contributed by atoms with Gasteiger partial charge in [0.05, 0.1) is 17.6 Å². The molecule has 1 aromatic carbocycles. The van der Waals surface area contributed by atoms with Gasteiger partial charge in [-0.25, -0.2) is 0 Å². The number of rotatable bonds is 4. The van der Waals surface area contributed by atoms with Crippen molar-refractivity contribution in [3.8, 4) is 0 Å². The number of halogens is 3. The Labute approximate surface area is 205 Å². The van der Waals surface area contributed by atoms with Gasteiger partial charge in [0.2, 0.25) is 5.91 Å². The quantitative estimate of drug-likeness (QED) is 0.566. The Morgan fingerprint density at radius 2 is 2.03 bits per heavy atom. The SMILES string of the molecule is CCOC(=O)CC1CCCN(C2CCC3(C2)C(=O)N2Cc4cc(C(F)(F)F)ccc4CC2C3C)C1. The number of ether oxygens (including phenoxy) is 1. The van der Waals surface area contributed by atoms with E-state index in [1.807, 2.05) is 11.8 Å². The van der Waals surface area contributed by atoms with Crippen LogP contribution in [0.25, 0.3) is 0 Å². The van der Waals surface area contributed by atoms with E-state index in [1.165, 1.54) is 12.1 Å². The Morgan fingerprint density at radius 1 is 1.23 bits per heavy atom. The van der Waals surface area contributed by atoms with Crippen molar-refractivity contribution in [1.82, 2.24) is 9.80 Å². The van der Waals surface area contributed by atoms with Crippen molar-refractivity contribution in [2.24, 2.45) is 17.3 Å². The van der Waals surface area contributed by atoms with E-state index in [4.69, 9.17) is 4.74 Å². The van der Waals surface area contributed by atoms with Crippen molar-refractivity contribution in [3.63, 3.8) is 0 Å². The molecule has 0 aromatic heterocycles. The number of likely N-dealkylation sites (tertiary alicyclic amines) is 1. The number of hydrogen-bond donors (Lipinski definition) is 0. The third-order valence-electron chi connectivity index (χ3n) is 9.19. The van der Waals surface area contributed by atoms with Crippen LogP contribution >= 0.6 is 0 Å². The van der Waals surface area contributed by atoms with Crippen molar-refractivity contribution < 1.29 is 27.5 Å². The molecule has 3 fully saturated rings. The van der Waals surface area contributed by atoms with Gasteiger partial charge in [-0.15, -0.1) is 0 Å². The molecule has 1 saturated carbocycles. The summed E-state index contributed by atoms with van der Waals surface area (Å²) in [6.07, 6.45) is 1.34. The monoisotopic (exact) mass is 492 g/mol. The molecular weight excluding hydrogens is 457 g/mol. The van der Waals surface area contributed by atoms with E-state index in [-0.39, 0.29) is 30.4 Å². The fourth-order valence-electron chi connectivity index (χ4n) is 7.32. The van der Waals surface area contributed by atoms with Crippen LogP contribution in [0.15, 0.2) is 18.2 Å². The predicted octanol–water partition coefficient (Wildman–Crippen LogP) is 4.81. The summed E-state index contributed by atoms with van der Waals surface area (Å²) in [6.45, 7) is 6.51. The highest BCUT2D eigenvalue weighted by Gasteiger charge is 2.60. The molecule has 1 aliphatic carbocycles. The summed E-state index contributed by atoms with van der Waals surface area (Å²) < 4.78 is 44.9. The Hall–Kier alpha value is -2.09. The number of amides is 1. The molecule has 5 rings (SSSR count). The van der Waals surface area contributed by atoms with Crippen LogP contribution in [0.1, 0.15) is 69.1 Å². The summed E-state index contributed by atoms with van der Waals surface area (Å²) in [6, 6.07) is 4.35. The molecule has 5 atom stereocenters. The van der Waals surface area contributed by atoms with Crippen LogP contribution < -0.4 is 0 Å². The summed E-state index contributed by atoms with van der Waals surface area (Å²) in [4.78, 5) is 30.1. The second-order valence-electron chi connectivity index (χ2n) is 11.0. The molecule has 1 aromatic rings. The second kappa shape index (κ2) is 9.09. The molecule has 0 bridgehead atoms. The Morgan fingerprint density at radius 3 is 2.77 bits per heavy atom. The second-order valence-corrected chi connectivity index (χ2v) is 11.0.